The van der Waals surface area contributed by atoms with Crippen LogP contribution in [0, 0.1) is 0 Å². The Hall–Kier alpha value is -2.74. The van der Waals surface area contributed by atoms with Crippen LogP contribution in [0.1, 0.15) is 16.3 Å². The van der Waals surface area contributed by atoms with E-state index in [1.54, 1.807) is 0 Å². The molecule has 0 saturated heterocycles. The molecule has 8 heteroatoms. The van der Waals surface area contributed by atoms with Crippen LogP contribution in [0.25, 0.3) is 10.2 Å². The third-order valence-corrected chi connectivity index (χ3v) is 4.09. The van der Waals surface area contributed by atoms with E-state index in [1.165, 1.54) is 17.5 Å². The summed E-state index contributed by atoms with van der Waals surface area (Å²) in [6, 6.07) is 7.06. The summed E-state index contributed by atoms with van der Waals surface area (Å²) >= 11 is 1.45. The van der Waals surface area contributed by atoms with E-state index in [9.17, 15) is 9.59 Å². The minimum Gasteiger partial charge on any atom is -0.368 e. The number of carbonyl (C=O) groups is 2. The Balaban J connectivity index is 1.78. The number of aromatic nitrogens is 3. The molecule has 0 bridgehead atoms. The number of H-pyrrole nitrogens is 1. The number of nitrogens with one attached hydrogen (secondary N) is 2. The molecular formula is C14H13N5O2S. The lowest BCUT2D eigenvalue weighted by Crippen LogP contribution is -2.37. The third kappa shape index (κ3) is 2.96. The fourth-order valence-electron chi connectivity index (χ4n) is 2.07. The molecule has 1 amide bonds. The number of anilines is 1. The zero-order valence-electron chi connectivity index (χ0n) is 11.4. The Labute approximate surface area is 129 Å². The Kier molecular flexibility index (Phi) is 3.84. The number of benzene rings is 1. The van der Waals surface area contributed by atoms with E-state index in [2.05, 4.69) is 20.3 Å². The molecular weight excluding hydrogens is 302 g/mol. The van der Waals surface area contributed by atoms with Crippen LogP contribution < -0.4 is 11.1 Å². The Morgan fingerprint density at radius 2 is 2.27 bits per heavy atom. The van der Waals surface area contributed by atoms with Gasteiger partial charge in [0.05, 0.1) is 10.2 Å². The number of carbonyl (C=O) groups excluding carboxylic acids is 2. The minimum absolute atomic E-state index is 0.221. The molecule has 22 heavy (non-hydrogen) atoms. The smallest absolute Gasteiger partial charge is 0.240 e. The average molecular weight is 315 g/mol. The number of para-hydroxylation sites is 1. The fourth-order valence-corrected chi connectivity index (χ4v) is 2.98. The van der Waals surface area contributed by atoms with Crippen molar-refractivity contribution in [1.82, 2.24) is 15.0 Å². The van der Waals surface area contributed by atoms with E-state index in [0.29, 0.717) is 23.5 Å². The van der Waals surface area contributed by atoms with E-state index in [1.807, 2.05) is 24.3 Å². The van der Waals surface area contributed by atoms with Crippen molar-refractivity contribution in [1.29, 1.82) is 0 Å². The van der Waals surface area contributed by atoms with Crippen molar-refractivity contribution in [2.45, 2.75) is 12.5 Å². The quantitative estimate of drug-likeness (QED) is 0.594. The second-order valence-corrected chi connectivity index (χ2v) is 5.73. The summed E-state index contributed by atoms with van der Waals surface area (Å²) in [5.41, 5.74) is 6.95. The molecule has 0 aliphatic heterocycles. The van der Waals surface area contributed by atoms with E-state index in [0.717, 1.165) is 10.2 Å². The van der Waals surface area contributed by atoms with Gasteiger partial charge in [0.15, 0.2) is 17.2 Å². The number of thiazole rings is 1. The highest BCUT2D eigenvalue weighted by Crippen LogP contribution is 2.26. The van der Waals surface area contributed by atoms with Crippen LogP contribution in [0.15, 0.2) is 30.5 Å². The van der Waals surface area contributed by atoms with Gasteiger partial charge in [-0.05, 0) is 12.1 Å². The monoisotopic (exact) mass is 315 g/mol. The summed E-state index contributed by atoms with van der Waals surface area (Å²) in [6.07, 6.45) is 2.43. The molecule has 0 aliphatic carbocycles. The van der Waals surface area contributed by atoms with Crippen molar-refractivity contribution >= 4 is 38.9 Å². The molecule has 0 unspecified atom stereocenters. The van der Waals surface area contributed by atoms with Gasteiger partial charge in [-0.2, -0.15) is 0 Å². The fraction of sp³-hybridized carbons (Fsp3) is 0.143. The molecule has 7 nitrogen and oxygen atoms in total. The van der Waals surface area contributed by atoms with Crippen molar-refractivity contribution in [3.8, 4) is 0 Å². The van der Waals surface area contributed by atoms with Crippen molar-refractivity contribution in [3.63, 3.8) is 0 Å². The molecule has 0 aliphatic rings. The second-order valence-electron chi connectivity index (χ2n) is 4.70. The number of nitrogens with two attached hydrogens (primary N) is 1. The van der Waals surface area contributed by atoms with Crippen LogP contribution in [-0.4, -0.2) is 33.2 Å². The number of hydrogen-bond acceptors (Lipinski definition) is 6. The van der Waals surface area contributed by atoms with Crippen molar-refractivity contribution < 1.29 is 9.59 Å². The number of primary amides is 1. The Morgan fingerprint density at radius 3 is 2.95 bits per heavy atom. The molecule has 112 valence electrons. The van der Waals surface area contributed by atoms with Crippen molar-refractivity contribution in [2.75, 3.05) is 5.32 Å². The molecule has 0 radical (unpaired) electrons. The summed E-state index contributed by atoms with van der Waals surface area (Å²) in [5.74, 6) is -0.278. The predicted molar refractivity (Wildman–Crippen MR) is 83.9 cm³/mol. The molecule has 3 aromatic rings. The molecule has 1 atom stereocenters. The molecule has 1 aromatic carbocycles. The van der Waals surface area contributed by atoms with E-state index < -0.39 is 11.9 Å². The number of nitrogens with zero attached hydrogens (tertiary/aromatic N) is 2. The van der Waals surface area contributed by atoms with Crippen LogP contribution in [0.5, 0.6) is 0 Å². The van der Waals surface area contributed by atoms with Gasteiger partial charge in [-0.25, -0.2) is 9.97 Å². The van der Waals surface area contributed by atoms with Gasteiger partial charge in [-0.1, -0.05) is 23.5 Å². The number of amides is 1. The maximum absolute atomic E-state index is 11.6. The standard InChI is InChI=1S/C14H13N5O2S/c15-13(21)10(5-8-6-16-12(7-20)17-8)19-14-18-9-3-1-2-4-11(9)22-14/h1-4,6-7,10H,5H2,(H2,15,21)(H,16,17)(H,18,19)/t10-/m0/s1. The maximum Gasteiger partial charge on any atom is 0.240 e. The lowest BCUT2D eigenvalue weighted by atomic mass is 10.1. The van der Waals surface area contributed by atoms with Crippen molar-refractivity contribution in [2.24, 2.45) is 5.73 Å². The largest absolute Gasteiger partial charge is 0.368 e. The predicted octanol–water partition coefficient (Wildman–Crippen LogP) is 1.34. The van der Waals surface area contributed by atoms with Gasteiger partial charge in [0.2, 0.25) is 5.91 Å². The first-order valence-corrected chi connectivity index (χ1v) is 7.38. The normalized spacial score (nSPS) is 12.2. The summed E-state index contributed by atoms with van der Waals surface area (Å²) < 4.78 is 1.03. The van der Waals surface area contributed by atoms with Gasteiger partial charge < -0.3 is 16.0 Å². The van der Waals surface area contributed by atoms with Gasteiger partial charge in [0.25, 0.3) is 0 Å². The second kappa shape index (κ2) is 5.94. The van der Waals surface area contributed by atoms with Crippen LogP contribution in [0.4, 0.5) is 5.13 Å². The molecule has 0 saturated carbocycles. The number of aldehydes is 1. The van der Waals surface area contributed by atoms with Crippen LogP contribution in [-0.2, 0) is 11.2 Å². The van der Waals surface area contributed by atoms with Crippen molar-refractivity contribution in [3.05, 3.63) is 42.0 Å². The van der Waals surface area contributed by atoms with E-state index in [-0.39, 0.29) is 5.82 Å². The topological polar surface area (TPSA) is 114 Å². The highest BCUT2D eigenvalue weighted by Gasteiger charge is 2.19. The summed E-state index contributed by atoms with van der Waals surface area (Å²) in [4.78, 5) is 33.4. The van der Waals surface area contributed by atoms with Crippen LogP contribution in [0.3, 0.4) is 0 Å². The zero-order valence-corrected chi connectivity index (χ0v) is 12.3. The van der Waals surface area contributed by atoms with Gasteiger partial charge >= 0.3 is 0 Å². The van der Waals surface area contributed by atoms with Gasteiger partial charge in [-0.3, -0.25) is 9.59 Å². The van der Waals surface area contributed by atoms with Crippen LogP contribution >= 0.6 is 11.3 Å². The first-order chi connectivity index (χ1) is 10.7. The molecule has 0 fully saturated rings. The van der Waals surface area contributed by atoms with Crippen LogP contribution in [0.2, 0.25) is 0 Å². The molecule has 2 aromatic heterocycles. The zero-order chi connectivity index (χ0) is 15.5. The summed E-state index contributed by atoms with van der Waals surface area (Å²) in [5, 5.41) is 3.67. The first kappa shape index (κ1) is 14.2. The maximum atomic E-state index is 11.6. The van der Waals surface area contributed by atoms with Gasteiger partial charge in [0.1, 0.15) is 6.04 Å². The SMILES string of the molecule is NC(=O)[C@H](Cc1cnc(C=O)[nH]1)Nc1nc2ccccc2s1. The van der Waals surface area contributed by atoms with Gasteiger partial charge in [-0.15, -0.1) is 0 Å². The Bertz CT molecular complexity index is 792. The number of rotatable bonds is 6. The number of aromatic amines is 1. The van der Waals surface area contributed by atoms with E-state index in [4.69, 9.17) is 5.73 Å². The lowest BCUT2D eigenvalue weighted by Gasteiger charge is -2.13. The molecule has 0 spiro atoms. The summed E-state index contributed by atoms with van der Waals surface area (Å²) in [7, 11) is 0. The highest BCUT2D eigenvalue weighted by molar-refractivity contribution is 7.22. The molecule has 2 heterocycles. The first-order valence-electron chi connectivity index (χ1n) is 6.56. The van der Waals surface area contributed by atoms with Gasteiger partial charge in [0, 0.05) is 18.3 Å². The average Bonchev–Trinajstić information content (AvgIpc) is 3.12. The number of fused-ring (bicyclic) bond motifs is 1. The minimum atomic E-state index is -0.638. The highest BCUT2D eigenvalue weighted by atomic mass is 32.1. The third-order valence-electron chi connectivity index (χ3n) is 3.12. The molecule has 4 N–H and O–H groups in total. The lowest BCUT2D eigenvalue weighted by molar-refractivity contribution is -0.118. The summed E-state index contributed by atoms with van der Waals surface area (Å²) in [6.45, 7) is 0. The number of imidazole rings is 1. The van der Waals surface area contributed by atoms with E-state index >= 15 is 0 Å². The Morgan fingerprint density at radius 1 is 1.45 bits per heavy atom. The molecule has 3 rings (SSSR count). The number of hydrogen-bond donors (Lipinski definition) is 3.